The largest absolute Gasteiger partial charge is 0.401 e. The third-order valence-electron chi connectivity index (χ3n) is 2.92. The lowest BCUT2D eigenvalue weighted by atomic mass is 10.3. The SMILES string of the molecule is Nc1csc(S(=O)(=O)N2CCN(CC(F)(F)F)CC2)c1. The summed E-state index contributed by atoms with van der Waals surface area (Å²) in [6.07, 6.45) is -4.26. The van der Waals surface area contributed by atoms with Gasteiger partial charge in [0.2, 0.25) is 0 Å². The Kier molecular flexibility index (Phi) is 4.28. The van der Waals surface area contributed by atoms with Crippen molar-refractivity contribution in [3.8, 4) is 0 Å². The number of nitrogens with zero attached hydrogens (tertiary/aromatic N) is 2. The van der Waals surface area contributed by atoms with Gasteiger partial charge in [-0.1, -0.05) is 0 Å². The van der Waals surface area contributed by atoms with Crippen LogP contribution in [-0.4, -0.2) is 56.5 Å². The molecule has 1 fully saturated rings. The Balaban J connectivity index is 2.00. The van der Waals surface area contributed by atoms with E-state index in [1.165, 1.54) is 20.7 Å². The maximum Gasteiger partial charge on any atom is 0.401 e. The summed E-state index contributed by atoms with van der Waals surface area (Å²) < 4.78 is 62.5. The van der Waals surface area contributed by atoms with Gasteiger partial charge in [0.15, 0.2) is 0 Å². The molecule has 1 aliphatic rings. The molecule has 1 aliphatic heterocycles. The van der Waals surface area contributed by atoms with Gasteiger partial charge in [-0.3, -0.25) is 4.90 Å². The minimum Gasteiger partial charge on any atom is -0.398 e. The first-order valence-corrected chi connectivity index (χ1v) is 8.14. The van der Waals surface area contributed by atoms with Gasteiger partial charge in [0.05, 0.1) is 6.54 Å². The normalized spacial score (nSPS) is 19.4. The molecular formula is C10H14F3N3O2S2. The van der Waals surface area contributed by atoms with Gasteiger partial charge in [0.25, 0.3) is 10.0 Å². The fraction of sp³-hybridized carbons (Fsp3) is 0.600. The molecule has 0 spiro atoms. The first-order chi connectivity index (χ1) is 9.18. The first-order valence-electron chi connectivity index (χ1n) is 5.82. The summed E-state index contributed by atoms with van der Waals surface area (Å²) in [6.45, 7) is -0.765. The average Bonchev–Trinajstić information content (AvgIpc) is 2.75. The summed E-state index contributed by atoms with van der Waals surface area (Å²) in [4.78, 5) is 1.20. The first kappa shape index (κ1) is 15.5. The average molecular weight is 329 g/mol. The summed E-state index contributed by atoms with van der Waals surface area (Å²) >= 11 is 1.01. The van der Waals surface area contributed by atoms with Crippen LogP contribution in [-0.2, 0) is 10.0 Å². The molecule has 1 saturated heterocycles. The molecule has 2 heterocycles. The molecule has 0 atom stereocenters. The zero-order chi connectivity index (χ0) is 15.0. The van der Waals surface area contributed by atoms with E-state index in [1.54, 1.807) is 0 Å². The molecule has 2 rings (SSSR count). The number of anilines is 1. The van der Waals surface area contributed by atoms with Crippen LogP contribution in [0.3, 0.4) is 0 Å². The molecule has 0 saturated carbocycles. The number of alkyl halides is 3. The number of hydrogen-bond acceptors (Lipinski definition) is 5. The fourth-order valence-corrected chi connectivity index (χ4v) is 4.63. The Labute approximate surface area is 118 Å². The van der Waals surface area contributed by atoms with Gasteiger partial charge in [-0.15, -0.1) is 11.3 Å². The van der Waals surface area contributed by atoms with Crippen molar-refractivity contribution in [3.63, 3.8) is 0 Å². The summed E-state index contributed by atoms with van der Waals surface area (Å²) in [6, 6.07) is 1.36. The third-order valence-corrected chi connectivity index (χ3v) is 6.26. The zero-order valence-electron chi connectivity index (χ0n) is 10.4. The van der Waals surface area contributed by atoms with Gasteiger partial charge >= 0.3 is 6.18 Å². The van der Waals surface area contributed by atoms with Crippen molar-refractivity contribution in [2.75, 3.05) is 38.5 Å². The Morgan fingerprint density at radius 3 is 2.30 bits per heavy atom. The van der Waals surface area contributed by atoms with Crippen LogP contribution in [0.2, 0.25) is 0 Å². The molecule has 0 bridgehead atoms. The summed E-state index contributed by atoms with van der Waals surface area (Å²) in [5.41, 5.74) is 5.86. The van der Waals surface area contributed by atoms with Gasteiger partial charge in [-0.2, -0.15) is 17.5 Å². The van der Waals surface area contributed by atoms with Gasteiger partial charge in [-0.05, 0) is 6.07 Å². The van der Waals surface area contributed by atoms with Crippen LogP contribution in [0.15, 0.2) is 15.7 Å². The third kappa shape index (κ3) is 3.62. The second kappa shape index (κ2) is 5.51. The van der Waals surface area contributed by atoms with Crippen molar-refractivity contribution in [1.29, 1.82) is 0 Å². The highest BCUT2D eigenvalue weighted by atomic mass is 32.2. The Bertz CT molecular complexity index is 563. The number of nitrogen functional groups attached to an aromatic ring is 1. The topological polar surface area (TPSA) is 66.6 Å². The number of piperazine rings is 1. The van der Waals surface area contributed by atoms with Crippen molar-refractivity contribution in [2.24, 2.45) is 0 Å². The molecule has 0 aromatic carbocycles. The molecule has 2 N–H and O–H groups in total. The van der Waals surface area contributed by atoms with E-state index >= 15 is 0 Å². The molecule has 10 heteroatoms. The van der Waals surface area contributed by atoms with E-state index in [-0.39, 0.29) is 30.4 Å². The minimum atomic E-state index is -4.26. The summed E-state index contributed by atoms with van der Waals surface area (Å²) in [7, 11) is -3.64. The Morgan fingerprint density at radius 1 is 1.25 bits per heavy atom. The fourth-order valence-electron chi connectivity index (χ4n) is 1.97. The number of rotatable bonds is 3. The number of hydrogen-bond donors (Lipinski definition) is 1. The number of halogens is 3. The molecule has 0 amide bonds. The number of sulfonamides is 1. The molecular weight excluding hydrogens is 315 g/mol. The molecule has 20 heavy (non-hydrogen) atoms. The van der Waals surface area contributed by atoms with E-state index in [4.69, 9.17) is 5.73 Å². The van der Waals surface area contributed by atoms with E-state index in [0.717, 1.165) is 11.3 Å². The Hall–Kier alpha value is -0.840. The van der Waals surface area contributed by atoms with Crippen molar-refractivity contribution >= 4 is 27.0 Å². The van der Waals surface area contributed by atoms with Gasteiger partial charge in [0.1, 0.15) is 4.21 Å². The van der Waals surface area contributed by atoms with Crippen LogP contribution in [0.1, 0.15) is 0 Å². The van der Waals surface area contributed by atoms with E-state index in [9.17, 15) is 21.6 Å². The van der Waals surface area contributed by atoms with Gasteiger partial charge < -0.3 is 5.73 Å². The minimum absolute atomic E-state index is 0.0518. The lowest BCUT2D eigenvalue weighted by Crippen LogP contribution is -2.50. The van der Waals surface area contributed by atoms with E-state index in [1.807, 2.05) is 0 Å². The monoisotopic (exact) mass is 329 g/mol. The Morgan fingerprint density at radius 2 is 1.85 bits per heavy atom. The highest BCUT2D eigenvalue weighted by Gasteiger charge is 2.35. The number of nitrogens with two attached hydrogens (primary N) is 1. The van der Waals surface area contributed by atoms with Crippen molar-refractivity contribution in [2.45, 2.75) is 10.4 Å². The lowest BCUT2D eigenvalue weighted by Gasteiger charge is -2.33. The highest BCUT2D eigenvalue weighted by molar-refractivity contribution is 7.91. The molecule has 5 nitrogen and oxygen atoms in total. The van der Waals surface area contributed by atoms with E-state index in [2.05, 4.69) is 0 Å². The second-order valence-electron chi connectivity index (χ2n) is 4.49. The van der Waals surface area contributed by atoms with Crippen LogP contribution in [0.5, 0.6) is 0 Å². The highest BCUT2D eigenvalue weighted by Crippen LogP contribution is 2.26. The van der Waals surface area contributed by atoms with Crippen molar-refractivity contribution in [1.82, 2.24) is 9.21 Å². The smallest absolute Gasteiger partial charge is 0.398 e. The van der Waals surface area contributed by atoms with Crippen LogP contribution in [0.4, 0.5) is 18.9 Å². The van der Waals surface area contributed by atoms with E-state index < -0.39 is 22.7 Å². The van der Waals surface area contributed by atoms with Gasteiger partial charge in [-0.25, -0.2) is 8.42 Å². The van der Waals surface area contributed by atoms with E-state index in [0.29, 0.717) is 5.69 Å². The van der Waals surface area contributed by atoms with Crippen LogP contribution < -0.4 is 5.73 Å². The van der Waals surface area contributed by atoms with Gasteiger partial charge in [0, 0.05) is 37.2 Å². The number of thiophene rings is 1. The van der Waals surface area contributed by atoms with Crippen molar-refractivity contribution in [3.05, 3.63) is 11.4 Å². The maximum atomic E-state index is 12.3. The molecule has 0 unspecified atom stereocenters. The quantitative estimate of drug-likeness (QED) is 0.905. The molecule has 0 aliphatic carbocycles. The zero-order valence-corrected chi connectivity index (χ0v) is 12.1. The summed E-state index contributed by atoms with van der Waals surface area (Å²) in [5.74, 6) is 0. The molecule has 1 aromatic heterocycles. The lowest BCUT2D eigenvalue weighted by molar-refractivity contribution is -0.148. The molecule has 114 valence electrons. The van der Waals surface area contributed by atoms with Crippen molar-refractivity contribution < 1.29 is 21.6 Å². The molecule has 0 radical (unpaired) electrons. The van der Waals surface area contributed by atoms with Crippen LogP contribution in [0, 0.1) is 0 Å². The standard InChI is InChI=1S/C10H14F3N3O2S2/c11-10(12,13)7-15-1-3-16(4-2-15)20(17,18)9-5-8(14)6-19-9/h5-6H,1-4,7,14H2. The van der Waals surface area contributed by atoms with Crippen LogP contribution >= 0.6 is 11.3 Å². The second-order valence-corrected chi connectivity index (χ2v) is 7.57. The van der Waals surface area contributed by atoms with Crippen LogP contribution in [0.25, 0.3) is 0 Å². The molecule has 1 aromatic rings. The summed E-state index contributed by atoms with van der Waals surface area (Å²) in [5, 5.41) is 1.52. The maximum absolute atomic E-state index is 12.3. The predicted molar refractivity (Wildman–Crippen MR) is 70.0 cm³/mol. The predicted octanol–water partition coefficient (Wildman–Crippen LogP) is 1.20.